The van der Waals surface area contributed by atoms with Crippen molar-refractivity contribution >= 4 is 17.3 Å². The van der Waals surface area contributed by atoms with E-state index in [1.54, 1.807) is 12.1 Å². The van der Waals surface area contributed by atoms with Crippen LogP contribution in [0.15, 0.2) is 65.5 Å². The van der Waals surface area contributed by atoms with Crippen molar-refractivity contribution in [1.29, 1.82) is 0 Å². The number of fused-ring (bicyclic) bond motifs is 1. The van der Waals surface area contributed by atoms with Crippen molar-refractivity contribution in [3.63, 3.8) is 0 Å². The van der Waals surface area contributed by atoms with E-state index in [1.807, 2.05) is 49.4 Å². The zero-order valence-corrected chi connectivity index (χ0v) is 14.5. The number of aliphatic hydroxyl groups excluding tert-OH is 1. The fourth-order valence-corrected chi connectivity index (χ4v) is 3.24. The Morgan fingerprint density at radius 3 is 2.26 bits per heavy atom. The molecule has 1 heterocycles. The Morgan fingerprint density at radius 1 is 0.926 bits per heavy atom. The number of aryl methyl sites for hydroxylation is 1. The molecule has 0 saturated carbocycles. The fourth-order valence-electron chi connectivity index (χ4n) is 3.24. The van der Waals surface area contributed by atoms with Gasteiger partial charge in [-0.05, 0) is 24.6 Å². The number of Topliss-reactive ketones (excluding diaryl/α,β-unsaturated/α-hetero) is 1. The number of nitrogens with zero attached hydrogens (tertiary/aromatic N) is 2. The van der Waals surface area contributed by atoms with Crippen LogP contribution in [0.25, 0.3) is 11.4 Å². The van der Waals surface area contributed by atoms with Crippen molar-refractivity contribution in [2.24, 2.45) is 0 Å². The van der Waals surface area contributed by atoms with Crippen LogP contribution in [0.1, 0.15) is 27.2 Å². The Balaban J connectivity index is 2.02. The maximum Gasteiger partial charge on any atom is 0.283 e. The number of rotatable bonds is 3. The normalized spacial score (nSPS) is 13.4. The van der Waals surface area contributed by atoms with Gasteiger partial charge in [-0.15, -0.1) is 0 Å². The quantitative estimate of drug-likeness (QED) is 0.728. The highest BCUT2D eigenvalue weighted by atomic mass is 16.3. The molecule has 3 aromatic rings. The van der Waals surface area contributed by atoms with E-state index in [0.717, 1.165) is 17.2 Å². The maximum absolute atomic E-state index is 13.0. The lowest BCUT2D eigenvalue weighted by molar-refractivity contribution is -0.111. The summed E-state index contributed by atoms with van der Waals surface area (Å²) in [7, 11) is 0. The van der Waals surface area contributed by atoms with Crippen LogP contribution in [0.2, 0.25) is 0 Å². The molecule has 0 saturated heterocycles. The van der Waals surface area contributed by atoms with Gasteiger partial charge in [0.25, 0.3) is 5.56 Å². The average molecular weight is 360 g/mol. The van der Waals surface area contributed by atoms with E-state index in [1.165, 1.54) is 9.36 Å². The van der Waals surface area contributed by atoms with E-state index in [9.17, 15) is 19.5 Å². The van der Waals surface area contributed by atoms with Crippen LogP contribution < -0.4 is 5.56 Å². The first-order chi connectivity index (χ1) is 13.0. The predicted molar refractivity (Wildman–Crippen MR) is 100 cm³/mol. The number of carbonyl (C=O) groups is 2. The summed E-state index contributed by atoms with van der Waals surface area (Å²) in [5.41, 5.74) is 1.59. The molecule has 27 heavy (non-hydrogen) atoms. The number of aromatic nitrogens is 2. The number of hydrogen-bond donors (Lipinski definition) is 1. The lowest BCUT2D eigenvalue weighted by Gasteiger charge is -2.16. The van der Waals surface area contributed by atoms with Gasteiger partial charge in [-0.3, -0.25) is 19.1 Å². The molecular weight excluding hydrogens is 344 g/mol. The topological polar surface area (TPSA) is 81.3 Å². The van der Waals surface area contributed by atoms with Crippen molar-refractivity contribution in [2.75, 3.05) is 0 Å². The third kappa shape index (κ3) is 2.71. The summed E-state index contributed by atoms with van der Waals surface area (Å²) in [5.74, 6) is -2.18. The molecule has 0 aliphatic heterocycles. The number of aliphatic hydroxyl groups is 1. The van der Waals surface area contributed by atoms with Gasteiger partial charge in [0.2, 0.25) is 11.6 Å². The van der Waals surface area contributed by atoms with Gasteiger partial charge in [-0.2, -0.15) is 0 Å². The predicted octanol–water partition coefficient (Wildman–Crippen LogP) is 2.66. The Labute approximate surface area is 154 Å². The molecule has 0 unspecified atom stereocenters. The summed E-state index contributed by atoms with van der Waals surface area (Å²) in [5, 5.41) is 10.4. The molecule has 1 aliphatic carbocycles. The number of benzene rings is 2. The Kier molecular flexibility index (Phi) is 3.88. The molecule has 1 N–H and O–H groups in total. The van der Waals surface area contributed by atoms with Gasteiger partial charge in [-0.1, -0.05) is 48.0 Å². The molecule has 2 aromatic carbocycles. The van der Waals surface area contributed by atoms with Gasteiger partial charge in [0.05, 0.1) is 12.2 Å². The minimum absolute atomic E-state index is 0.0639. The summed E-state index contributed by atoms with van der Waals surface area (Å²) in [6.07, 6.45) is 0.866. The van der Waals surface area contributed by atoms with Crippen LogP contribution in [0.4, 0.5) is 0 Å². The number of hydrogen-bond acceptors (Lipinski definition) is 4. The second-order valence-electron chi connectivity index (χ2n) is 6.44. The van der Waals surface area contributed by atoms with E-state index in [4.69, 9.17) is 0 Å². The lowest BCUT2D eigenvalue weighted by atomic mass is 10.0. The highest BCUT2D eigenvalue weighted by Gasteiger charge is 2.35. The standard InChI is InChI=1S/C21H16N2O4/c1-13-7-9-15(10-8-13)23-21(27)18-19(16(24)11-17(25)20(18)26)22(23)12-14-5-3-2-4-6-14/h2-11,24H,12H2,1H3. The molecule has 0 fully saturated rings. The van der Waals surface area contributed by atoms with Crippen LogP contribution in [-0.4, -0.2) is 26.0 Å². The van der Waals surface area contributed by atoms with E-state index >= 15 is 0 Å². The fraction of sp³-hybridized carbons (Fsp3) is 0.0952. The van der Waals surface area contributed by atoms with Crippen molar-refractivity contribution in [3.05, 3.63) is 93.4 Å². The average Bonchev–Trinajstić information content (AvgIpc) is 2.94. The molecule has 0 bridgehead atoms. The minimum atomic E-state index is -0.902. The molecule has 4 rings (SSSR count). The van der Waals surface area contributed by atoms with Crippen molar-refractivity contribution in [3.8, 4) is 5.69 Å². The third-order valence-corrected chi connectivity index (χ3v) is 4.56. The molecule has 0 spiro atoms. The maximum atomic E-state index is 13.0. The minimum Gasteiger partial charge on any atom is -0.506 e. The number of allylic oxidation sites excluding steroid dienone is 1. The van der Waals surface area contributed by atoms with Crippen LogP contribution in [-0.2, 0) is 11.3 Å². The summed E-state index contributed by atoms with van der Waals surface area (Å²) < 4.78 is 2.87. The van der Waals surface area contributed by atoms with Crippen molar-refractivity contribution in [2.45, 2.75) is 13.5 Å². The summed E-state index contributed by atoms with van der Waals surface area (Å²) in [4.78, 5) is 37.2. The summed E-state index contributed by atoms with van der Waals surface area (Å²) in [6.45, 7) is 2.18. The van der Waals surface area contributed by atoms with Crippen molar-refractivity contribution < 1.29 is 14.7 Å². The monoisotopic (exact) mass is 360 g/mol. The first kappa shape index (κ1) is 16.8. The zero-order chi connectivity index (χ0) is 19.1. The van der Waals surface area contributed by atoms with Crippen LogP contribution in [0, 0.1) is 6.92 Å². The summed E-state index contributed by atoms with van der Waals surface area (Å²) >= 11 is 0. The Morgan fingerprint density at radius 2 is 1.59 bits per heavy atom. The van der Waals surface area contributed by atoms with Crippen molar-refractivity contribution in [1.82, 2.24) is 9.36 Å². The van der Waals surface area contributed by atoms with Gasteiger partial charge in [0.1, 0.15) is 17.0 Å². The molecule has 0 amide bonds. The lowest BCUT2D eigenvalue weighted by Crippen LogP contribution is -2.26. The van der Waals surface area contributed by atoms with E-state index < -0.39 is 17.1 Å². The second-order valence-corrected chi connectivity index (χ2v) is 6.44. The molecule has 134 valence electrons. The summed E-state index contributed by atoms with van der Waals surface area (Å²) in [6, 6.07) is 16.6. The largest absolute Gasteiger partial charge is 0.506 e. The zero-order valence-electron chi connectivity index (χ0n) is 14.5. The van der Waals surface area contributed by atoms with Gasteiger partial charge in [-0.25, -0.2) is 4.68 Å². The molecule has 0 radical (unpaired) electrons. The molecule has 1 aromatic heterocycles. The SMILES string of the molecule is Cc1ccc(-n2c(=O)c3c(n2Cc2ccccc2)C(O)=CC(=O)C3=O)cc1. The van der Waals surface area contributed by atoms with E-state index in [2.05, 4.69) is 0 Å². The molecule has 0 atom stereocenters. The van der Waals surface area contributed by atoms with Gasteiger partial charge < -0.3 is 5.11 Å². The first-order valence-corrected chi connectivity index (χ1v) is 8.44. The Hall–Kier alpha value is -3.67. The van der Waals surface area contributed by atoms with Gasteiger partial charge in [0, 0.05) is 6.08 Å². The van der Waals surface area contributed by atoms with E-state index in [-0.39, 0.29) is 23.6 Å². The molecular formula is C21H16N2O4. The van der Waals surface area contributed by atoms with Crippen LogP contribution in [0.3, 0.4) is 0 Å². The smallest absolute Gasteiger partial charge is 0.283 e. The highest BCUT2D eigenvalue weighted by Crippen LogP contribution is 2.24. The van der Waals surface area contributed by atoms with Crippen LogP contribution in [0.5, 0.6) is 0 Å². The van der Waals surface area contributed by atoms with Gasteiger partial charge >= 0.3 is 0 Å². The van der Waals surface area contributed by atoms with E-state index in [0.29, 0.717) is 5.69 Å². The van der Waals surface area contributed by atoms with Gasteiger partial charge in [0.15, 0.2) is 0 Å². The highest BCUT2D eigenvalue weighted by molar-refractivity contribution is 6.50. The van der Waals surface area contributed by atoms with Crippen LogP contribution >= 0.6 is 0 Å². The third-order valence-electron chi connectivity index (χ3n) is 4.56. The Bertz CT molecular complexity index is 1150. The first-order valence-electron chi connectivity index (χ1n) is 8.44. The number of carbonyl (C=O) groups excluding carboxylic acids is 2. The molecule has 6 nitrogen and oxygen atoms in total. The molecule has 1 aliphatic rings. The second kappa shape index (κ2) is 6.25. The number of ketones is 2. The molecule has 6 heteroatoms.